The van der Waals surface area contributed by atoms with E-state index in [-0.39, 0.29) is 17.4 Å². The lowest BCUT2D eigenvalue weighted by molar-refractivity contribution is -0.143. The van der Waals surface area contributed by atoms with E-state index in [1.54, 1.807) is 12.3 Å². The predicted molar refractivity (Wildman–Crippen MR) is 156 cm³/mol. The largest absolute Gasteiger partial charge is 0.493 e. The Balaban J connectivity index is 1.16. The number of carbonyl (C=O) groups is 1. The summed E-state index contributed by atoms with van der Waals surface area (Å²) >= 11 is 0. The number of aliphatic carboxylic acids is 1. The number of hydrogen-bond acceptors (Lipinski definition) is 8. The molecule has 9 nitrogen and oxygen atoms in total. The molecule has 0 amide bonds. The highest BCUT2D eigenvalue weighted by Gasteiger charge is 2.38. The lowest BCUT2D eigenvalue weighted by atomic mass is 9.81. The Labute approximate surface area is 246 Å². The van der Waals surface area contributed by atoms with Gasteiger partial charge in [-0.25, -0.2) is 14.4 Å². The normalized spacial score (nSPS) is 18.0. The number of aryl methyl sites for hydroxylation is 2. The van der Waals surface area contributed by atoms with Gasteiger partial charge in [0.25, 0.3) is 0 Å². The first kappa shape index (κ1) is 30.0. The zero-order valence-electron chi connectivity index (χ0n) is 24.7. The van der Waals surface area contributed by atoms with Crippen LogP contribution in [0.25, 0.3) is 0 Å². The minimum absolute atomic E-state index is 0.0620. The SMILES string of the molecule is COc1c(F)cc(C(C)(C)c2cnco2)cc1C(C(=O)O)N1CC[C@@H](OCCCCCc2ccc3c(n2)NCCC3)C1. The molecule has 0 bridgehead atoms. The van der Waals surface area contributed by atoms with Crippen LogP contribution in [0.1, 0.15) is 80.1 Å². The van der Waals surface area contributed by atoms with Crippen LogP contribution in [-0.2, 0) is 27.8 Å². The summed E-state index contributed by atoms with van der Waals surface area (Å²) in [5, 5.41) is 13.7. The van der Waals surface area contributed by atoms with Gasteiger partial charge < -0.3 is 24.3 Å². The molecule has 226 valence electrons. The zero-order valence-corrected chi connectivity index (χ0v) is 24.7. The van der Waals surface area contributed by atoms with Gasteiger partial charge >= 0.3 is 5.97 Å². The number of methoxy groups -OCH3 is 1. The van der Waals surface area contributed by atoms with Crippen molar-refractivity contribution in [2.24, 2.45) is 0 Å². The number of anilines is 1. The molecule has 10 heteroatoms. The van der Waals surface area contributed by atoms with Crippen LogP contribution in [0.2, 0.25) is 0 Å². The molecule has 5 rings (SSSR count). The minimum Gasteiger partial charge on any atom is -0.493 e. The van der Waals surface area contributed by atoms with E-state index in [0.29, 0.717) is 37.4 Å². The lowest BCUT2D eigenvalue weighted by Crippen LogP contribution is -2.34. The van der Waals surface area contributed by atoms with Gasteiger partial charge in [0.2, 0.25) is 0 Å². The van der Waals surface area contributed by atoms with Gasteiger partial charge in [0.1, 0.15) is 17.6 Å². The summed E-state index contributed by atoms with van der Waals surface area (Å²) in [5.41, 5.74) is 2.55. The van der Waals surface area contributed by atoms with Gasteiger partial charge in [0, 0.05) is 42.9 Å². The summed E-state index contributed by atoms with van der Waals surface area (Å²) in [6.07, 6.45) is 9.74. The number of ether oxygens (including phenoxy) is 2. The number of carboxylic acid groups (broad SMARTS) is 1. The summed E-state index contributed by atoms with van der Waals surface area (Å²) in [7, 11) is 1.36. The predicted octanol–water partition coefficient (Wildman–Crippen LogP) is 5.53. The van der Waals surface area contributed by atoms with Gasteiger partial charge in [-0.2, -0.15) is 0 Å². The topological polar surface area (TPSA) is 110 Å². The first-order valence-electron chi connectivity index (χ1n) is 14.9. The van der Waals surface area contributed by atoms with Crippen LogP contribution in [0.3, 0.4) is 0 Å². The highest BCUT2D eigenvalue weighted by molar-refractivity contribution is 5.77. The number of benzene rings is 1. The highest BCUT2D eigenvalue weighted by Crippen LogP contribution is 2.40. The second-order valence-corrected chi connectivity index (χ2v) is 11.7. The number of oxazole rings is 1. The fraction of sp³-hybridized carbons (Fsp3) is 0.531. The summed E-state index contributed by atoms with van der Waals surface area (Å²) < 4.78 is 32.3. The fourth-order valence-corrected chi connectivity index (χ4v) is 6.01. The fourth-order valence-electron chi connectivity index (χ4n) is 6.01. The zero-order chi connectivity index (χ0) is 29.7. The molecule has 2 N–H and O–H groups in total. The number of nitrogens with zero attached hydrogens (tertiary/aromatic N) is 3. The summed E-state index contributed by atoms with van der Waals surface area (Å²) in [5.74, 6) is -0.145. The Morgan fingerprint density at radius 3 is 2.90 bits per heavy atom. The van der Waals surface area contributed by atoms with E-state index in [1.807, 2.05) is 18.7 Å². The molecule has 2 aliphatic heterocycles. The Morgan fingerprint density at radius 2 is 2.14 bits per heavy atom. The Hall–Kier alpha value is -3.50. The van der Waals surface area contributed by atoms with Crippen LogP contribution in [0.5, 0.6) is 5.75 Å². The van der Waals surface area contributed by atoms with Gasteiger partial charge in [-0.1, -0.05) is 12.5 Å². The lowest BCUT2D eigenvalue weighted by Gasteiger charge is -2.29. The number of hydrogen-bond donors (Lipinski definition) is 2. The van der Waals surface area contributed by atoms with Gasteiger partial charge in [-0.15, -0.1) is 0 Å². The molecule has 3 aromatic rings. The van der Waals surface area contributed by atoms with Crippen molar-refractivity contribution >= 4 is 11.8 Å². The maximum Gasteiger partial charge on any atom is 0.325 e. The maximum absolute atomic E-state index is 15.3. The van der Waals surface area contributed by atoms with E-state index in [2.05, 4.69) is 22.4 Å². The summed E-state index contributed by atoms with van der Waals surface area (Å²) in [4.78, 5) is 23.2. The third-order valence-electron chi connectivity index (χ3n) is 8.50. The number of nitrogens with one attached hydrogen (secondary N) is 1. The number of unbranched alkanes of at least 4 members (excludes halogenated alkanes) is 2. The second kappa shape index (κ2) is 13.2. The molecule has 1 unspecified atom stereocenters. The molecule has 2 aliphatic rings. The number of pyridine rings is 1. The summed E-state index contributed by atoms with van der Waals surface area (Å²) in [6.45, 7) is 6.35. The molecule has 2 atom stereocenters. The number of rotatable bonds is 13. The molecule has 1 saturated heterocycles. The minimum atomic E-state index is -1.08. The van der Waals surface area contributed by atoms with Gasteiger partial charge in [0.15, 0.2) is 18.0 Å². The number of halogens is 1. The van der Waals surface area contributed by atoms with Crippen molar-refractivity contribution < 1.29 is 28.2 Å². The van der Waals surface area contributed by atoms with Crippen molar-refractivity contribution in [3.05, 3.63) is 70.8 Å². The average Bonchev–Trinajstić information content (AvgIpc) is 3.68. The van der Waals surface area contributed by atoms with E-state index >= 15 is 4.39 Å². The van der Waals surface area contributed by atoms with Crippen LogP contribution in [-0.4, -0.2) is 65.4 Å². The van der Waals surface area contributed by atoms with Crippen molar-refractivity contribution in [2.45, 2.75) is 76.4 Å². The molecule has 1 aromatic carbocycles. The maximum atomic E-state index is 15.3. The molecule has 0 spiro atoms. The van der Waals surface area contributed by atoms with Gasteiger partial charge in [-0.05, 0) is 81.7 Å². The standard InChI is InChI=1S/C32H41FN4O5/c1-32(2,27-18-34-20-42-27)22-16-25(29(40-3)26(33)17-22)28(31(38)39)37-14-12-24(19-37)41-15-6-4-5-9-23-11-10-21-8-7-13-35-30(21)36-23/h10-11,16-18,20,24,28H,4-9,12-15,19H2,1-3H3,(H,35,36)(H,38,39)/t24-,28?/m1/s1. The molecule has 4 heterocycles. The van der Waals surface area contributed by atoms with Crippen molar-refractivity contribution in [3.8, 4) is 5.75 Å². The third-order valence-corrected chi connectivity index (χ3v) is 8.50. The van der Waals surface area contributed by atoms with Gasteiger partial charge in [0.05, 0.1) is 19.4 Å². The number of carboxylic acids is 1. The first-order valence-corrected chi connectivity index (χ1v) is 14.9. The molecule has 0 aliphatic carbocycles. The van der Waals surface area contributed by atoms with Crippen molar-refractivity contribution in [1.82, 2.24) is 14.9 Å². The highest BCUT2D eigenvalue weighted by atomic mass is 19.1. The van der Waals surface area contributed by atoms with Crippen molar-refractivity contribution in [3.63, 3.8) is 0 Å². The van der Waals surface area contributed by atoms with Crippen LogP contribution < -0.4 is 10.1 Å². The van der Waals surface area contributed by atoms with E-state index in [4.69, 9.17) is 18.9 Å². The summed E-state index contributed by atoms with van der Waals surface area (Å²) in [6, 6.07) is 6.34. The van der Waals surface area contributed by atoms with Crippen molar-refractivity contribution in [1.29, 1.82) is 0 Å². The van der Waals surface area contributed by atoms with E-state index in [0.717, 1.165) is 56.6 Å². The average molecular weight is 581 g/mol. The van der Waals surface area contributed by atoms with Crippen LogP contribution in [0.15, 0.2) is 41.3 Å². The van der Waals surface area contributed by atoms with Crippen LogP contribution >= 0.6 is 0 Å². The van der Waals surface area contributed by atoms with Crippen LogP contribution in [0.4, 0.5) is 10.2 Å². The van der Waals surface area contributed by atoms with Crippen molar-refractivity contribution in [2.75, 3.05) is 38.7 Å². The Morgan fingerprint density at radius 1 is 1.29 bits per heavy atom. The smallest absolute Gasteiger partial charge is 0.325 e. The molecule has 2 aromatic heterocycles. The Kier molecular flexibility index (Phi) is 9.43. The van der Waals surface area contributed by atoms with E-state index < -0.39 is 23.2 Å². The molecule has 1 fully saturated rings. The van der Waals surface area contributed by atoms with Gasteiger partial charge in [-0.3, -0.25) is 9.69 Å². The number of fused-ring (bicyclic) bond motifs is 1. The van der Waals surface area contributed by atoms with E-state index in [9.17, 15) is 9.90 Å². The number of likely N-dealkylation sites (tertiary alicyclic amines) is 1. The van der Waals surface area contributed by atoms with E-state index in [1.165, 1.54) is 25.1 Å². The number of aromatic nitrogens is 2. The molecular formula is C32H41FN4O5. The first-order chi connectivity index (χ1) is 20.3. The quantitative estimate of drug-likeness (QED) is 0.252. The van der Waals surface area contributed by atoms with Crippen LogP contribution in [0, 0.1) is 5.82 Å². The molecule has 0 radical (unpaired) electrons. The Bertz CT molecular complexity index is 1360. The monoisotopic (exact) mass is 580 g/mol. The molecule has 42 heavy (non-hydrogen) atoms. The molecular weight excluding hydrogens is 539 g/mol. The second-order valence-electron chi connectivity index (χ2n) is 11.7. The third kappa shape index (κ3) is 6.60. The molecule has 0 saturated carbocycles.